The van der Waals surface area contributed by atoms with E-state index in [-0.39, 0.29) is 29.8 Å². The van der Waals surface area contributed by atoms with Crippen LogP contribution in [-0.2, 0) is 26.1 Å². The molecule has 0 aliphatic carbocycles. The predicted molar refractivity (Wildman–Crippen MR) is 143 cm³/mol. The summed E-state index contributed by atoms with van der Waals surface area (Å²) in [5, 5.41) is 13.1. The lowest BCUT2D eigenvalue weighted by molar-refractivity contribution is -0.149. The van der Waals surface area contributed by atoms with Gasteiger partial charge in [-0.1, -0.05) is 17.7 Å². The van der Waals surface area contributed by atoms with Gasteiger partial charge >= 0.3 is 11.9 Å². The average Bonchev–Trinajstić information content (AvgIpc) is 3.30. The minimum atomic E-state index is -0.980. The first-order chi connectivity index (χ1) is 18.5. The molecule has 3 heterocycles. The van der Waals surface area contributed by atoms with Crippen molar-refractivity contribution in [2.45, 2.75) is 39.3 Å². The van der Waals surface area contributed by atoms with Crippen molar-refractivity contribution in [2.75, 3.05) is 32.9 Å². The number of esters is 1. The summed E-state index contributed by atoms with van der Waals surface area (Å²) in [5.41, 5.74) is 0.224. The number of carboxylic acids is 1. The number of rotatable bonds is 9. The van der Waals surface area contributed by atoms with Crippen LogP contribution in [0.5, 0.6) is 0 Å². The monoisotopic (exact) mass is 561 g/mol. The summed E-state index contributed by atoms with van der Waals surface area (Å²) in [6.07, 6.45) is 3.75. The van der Waals surface area contributed by atoms with Gasteiger partial charge in [-0.3, -0.25) is 14.7 Å². The molecule has 210 valence electrons. The number of nitrogens with one attached hydrogen (secondary N) is 1. The zero-order valence-corrected chi connectivity index (χ0v) is 23.2. The first-order valence-electron chi connectivity index (χ1n) is 12.7. The Hall–Kier alpha value is -3.28. The molecule has 0 amide bonds. The summed E-state index contributed by atoms with van der Waals surface area (Å²) in [6.45, 7) is 6.82. The second-order valence-corrected chi connectivity index (χ2v) is 10.6. The van der Waals surface area contributed by atoms with Gasteiger partial charge in [0.05, 0.1) is 30.8 Å². The molecule has 2 aromatic rings. The zero-order valence-electron chi connectivity index (χ0n) is 22.4. The molecule has 0 bridgehead atoms. The minimum absolute atomic E-state index is 0.124. The van der Waals surface area contributed by atoms with E-state index in [1.807, 2.05) is 7.05 Å². The Kier molecular flexibility index (Phi) is 8.73. The van der Waals surface area contributed by atoms with Gasteiger partial charge < -0.3 is 24.5 Å². The highest BCUT2D eigenvalue weighted by atomic mass is 35.5. The van der Waals surface area contributed by atoms with Crippen LogP contribution < -0.4 is 5.32 Å². The van der Waals surface area contributed by atoms with Gasteiger partial charge in [0.1, 0.15) is 11.9 Å². The molecule has 1 saturated heterocycles. The van der Waals surface area contributed by atoms with Gasteiger partial charge in [0.25, 0.3) is 0 Å². The van der Waals surface area contributed by atoms with Gasteiger partial charge in [0.15, 0.2) is 11.7 Å². The van der Waals surface area contributed by atoms with Crippen LogP contribution in [0, 0.1) is 11.2 Å². The highest BCUT2D eigenvalue weighted by molar-refractivity contribution is 6.31. The first-order valence-corrected chi connectivity index (χ1v) is 13.1. The van der Waals surface area contributed by atoms with Crippen LogP contribution in [0.2, 0.25) is 5.02 Å². The largest absolute Gasteiger partial charge is 0.481 e. The number of ether oxygens (including phenoxy) is 2. The Bertz CT molecular complexity index is 1310. The second-order valence-electron chi connectivity index (χ2n) is 10.2. The van der Waals surface area contributed by atoms with Gasteiger partial charge in [-0.2, -0.15) is 0 Å². The van der Waals surface area contributed by atoms with E-state index in [0.717, 1.165) is 0 Å². The molecule has 1 aromatic carbocycles. The molecule has 4 rings (SSSR count). The van der Waals surface area contributed by atoms with E-state index < -0.39 is 29.2 Å². The SMILES string of the molecule is CCOC(=O)C1=C(CN2CCOCC2CC(C)(C)C(=O)O)NC(c2nccn2C)=N[C@H]1c1ccc(F)cc1Cl. The predicted octanol–water partition coefficient (Wildman–Crippen LogP) is 3.32. The molecule has 2 N–H and O–H groups in total. The molecule has 1 fully saturated rings. The molecular formula is C27H33ClFN5O5. The Balaban J connectivity index is 1.81. The lowest BCUT2D eigenvalue weighted by atomic mass is 9.85. The maximum Gasteiger partial charge on any atom is 0.338 e. The van der Waals surface area contributed by atoms with Gasteiger partial charge in [-0.15, -0.1) is 0 Å². The fourth-order valence-electron chi connectivity index (χ4n) is 4.79. The van der Waals surface area contributed by atoms with E-state index in [9.17, 15) is 19.1 Å². The Labute approximate surface area is 231 Å². The number of hydrogen-bond acceptors (Lipinski definition) is 8. The fraction of sp³-hybridized carbons (Fsp3) is 0.481. The minimum Gasteiger partial charge on any atom is -0.481 e. The number of aliphatic imine (C=N–C) groups is 1. The van der Waals surface area contributed by atoms with E-state index in [2.05, 4.69) is 15.2 Å². The number of halogens is 2. The maximum atomic E-state index is 14.0. The van der Waals surface area contributed by atoms with Crippen LogP contribution in [0.3, 0.4) is 0 Å². The van der Waals surface area contributed by atoms with Crippen molar-refractivity contribution >= 4 is 29.4 Å². The molecule has 2 aliphatic heterocycles. The van der Waals surface area contributed by atoms with Crippen LogP contribution in [0.4, 0.5) is 4.39 Å². The van der Waals surface area contributed by atoms with Gasteiger partial charge in [-0.05, 0) is 39.3 Å². The molecule has 0 radical (unpaired) electrons. The van der Waals surface area contributed by atoms with Crippen molar-refractivity contribution in [3.8, 4) is 0 Å². The number of amidine groups is 1. The quantitative estimate of drug-likeness (QED) is 0.448. The van der Waals surface area contributed by atoms with Crippen molar-refractivity contribution in [1.82, 2.24) is 19.8 Å². The number of morpholine rings is 1. The number of carboxylic acid groups (broad SMARTS) is 1. The molecule has 2 aliphatic rings. The van der Waals surface area contributed by atoms with Crippen molar-refractivity contribution in [2.24, 2.45) is 17.5 Å². The lowest BCUT2D eigenvalue weighted by Gasteiger charge is -2.40. The number of carbonyl (C=O) groups is 2. The number of nitrogens with zero attached hydrogens (tertiary/aromatic N) is 4. The zero-order chi connectivity index (χ0) is 28.3. The van der Waals surface area contributed by atoms with Crippen LogP contribution in [0.25, 0.3) is 0 Å². The summed E-state index contributed by atoms with van der Waals surface area (Å²) in [6, 6.07) is 2.86. The standard InChI is InChI=1S/C27H33ClFN5O5/c1-5-39-25(35)21-20(14-34-10-11-38-15-17(34)13-27(2,3)26(36)37)31-23(24-30-8-9-33(24)4)32-22(21)18-7-6-16(29)12-19(18)28/h6-9,12,17,22H,5,10-11,13-15H2,1-4H3,(H,31,32)(H,36,37)/t17?,22-/m0/s1. The molecule has 12 heteroatoms. The second kappa shape index (κ2) is 11.8. The van der Waals surface area contributed by atoms with Crippen molar-refractivity contribution in [3.05, 3.63) is 64.1 Å². The van der Waals surface area contributed by atoms with Gasteiger partial charge in [0.2, 0.25) is 0 Å². The van der Waals surface area contributed by atoms with E-state index >= 15 is 0 Å². The first kappa shape index (κ1) is 28.7. The summed E-state index contributed by atoms with van der Waals surface area (Å²) < 4.78 is 26.9. The van der Waals surface area contributed by atoms with Crippen molar-refractivity contribution in [3.63, 3.8) is 0 Å². The van der Waals surface area contributed by atoms with Crippen LogP contribution in [0.1, 0.15) is 44.6 Å². The molecular weight excluding hydrogens is 529 g/mol. The maximum absolute atomic E-state index is 14.0. The van der Waals surface area contributed by atoms with E-state index in [4.69, 9.17) is 26.1 Å². The molecule has 1 unspecified atom stereocenters. The number of aliphatic carboxylic acids is 1. The van der Waals surface area contributed by atoms with E-state index in [1.165, 1.54) is 18.2 Å². The van der Waals surface area contributed by atoms with Gasteiger partial charge in [0, 0.05) is 54.9 Å². The number of aromatic nitrogens is 2. The van der Waals surface area contributed by atoms with Crippen molar-refractivity contribution < 1.29 is 28.6 Å². The molecule has 10 nitrogen and oxygen atoms in total. The summed E-state index contributed by atoms with van der Waals surface area (Å²) in [4.78, 5) is 36.6. The Morgan fingerprint density at radius 3 is 2.77 bits per heavy atom. The highest BCUT2D eigenvalue weighted by Gasteiger charge is 2.38. The average molecular weight is 562 g/mol. The normalized spacial score (nSPS) is 20.4. The van der Waals surface area contributed by atoms with Crippen molar-refractivity contribution in [1.29, 1.82) is 0 Å². The van der Waals surface area contributed by atoms with Crippen LogP contribution in [-0.4, -0.2) is 76.3 Å². The highest BCUT2D eigenvalue weighted by Crippen LogP contribution is 2.37. The molecule has 1 aromatic heterocycles. The number of carbonyl (C=O) groups excluding carboxylic acids is 1. The third-order valence-corrected chi connectivity index (χ3v) is 7.27. The Morgan fingerprint density at radius 2 is 2.13 bits per heavy atom. The fourth-order valence-corrected chi connectivity index (χ4v) is 5.06. The van der Waals surface area contributed by atoms with Crippen LogP contribution in [0.15, 0.2) is 46.9 Å². The molecule has 39 heavy (non-hydrogen) atoms. The number of hydrogen-bond donors (Lipinski definition) is 2. The topological polar surface area (TPSA) is 118 Å². The Morgan fingerprint density at radius 1 is 1.36 bits per heavy atom. The van der Waals surface area contributed by atoms with Gasteiger partial charge in [-0.25, -0.2) is 14.2 Å². The number of aryl methyl sites for hydroxylation is 1. The molecule has 0 spiro atoms. The number of imidazole rings is 1. The third-order valence-electron chi connectivity index (χ3n) is 6.95. The van der Waals surface area contributed by atoms with E-state index in [1.54, 1.807) is 37.7 Å². The summed E-state index contributed by atoms with van der Waals surface area (Å²) >= 11 is 6.47. The molecule has 0 saturated carbocycles. The van der Waals surface area contributed by atoms with E-state index in [0.29, 0.717) is 49.1 Å². The van der Waals surface area contributed by atoms with Crippen LogP contribution >= 0.6 is 11.6 Å². The number of benzene rings is 1. The third kappa shape index (κ3) is 6.32. The molecule has 2 atom stereocenters. The smallest absolute Gasteiger partial charge is 0.338 e. The summed E-state index contributed by atoms with van der Waals surface area (Å²) in [7, 11) is 1.82. The lowest BCUT2D eigenvalue weighted by Crippen LogP contribution is -2.51. The summed E-state index contributed by atoms with van der Waals surface area (Å²) in [5.74, 6) is -1.05.